The first-order chi connectivity index (χ1) is 27.1. The fraction of sp³-hybridized carbons (Fsp3) is 0.0417. The number of hydrogen-bond acceptors (Lipinski definition) is 4. The second-order valence-electron chi connectivity index (χ2n) is 14.1. The van der Waals surface area contributed by atoms with Gasteiger partial charge in [-0.05, 0) is 80.6 Å². The average Bonchev–Trinajstić information content (AvgIpc) is 3.85. The Balaban J connectivity index is 1.22. The fourth-order valence-corrected chi connectivity index (χ4v) is 8.65. The number of fused-ring (bicyclic) bond motifs is 9. The zero-order valence-corrected chi connectivity index (χ0v) is 30.1. The molecule has 0 bridgehead atoms. The van der Waals surface area contributed by atoms with Crippen molar-refractivity contribution in [2.75, 3.05) is 0 Å². The van der Waals surface area contributed by atoms with Crippen molar-refractivity contribution < 1.29 is 0 Å². The molecule has 4 heterocycles. The van der Waals surface area contributed by atoms with E-state index >= 15 is 0 Å². The Bertz CT molecular complexity index is 3130. The molecule has 258 valence electrons. The molecule has 0 atom stereocenters. The smallest absolute Gasteiger partial charge is 0.164 e. The molecule has 11 aromatic rings. The first-order valence-electron chi connectivity index (χ1n) is 18.4. The normalized spacial score (nSPS) is 11.8. The van der Waals surface area contributed by atoms with Gasteiger partial charge in [0.25, 0.3) is 0 Å². The maximum Gasteiger partial charge on any atom is 0.164 e. The van der Waals surface area contributed by atoms with Gasteiger partial charge in [0.15, 0.2) is 5.82 Å². The van der Waals surface area contributed by atoms with E-state index in [1.807, 2.05) is 26.0 Å². The Kier molecular flexibility index (Phi) is 6.61. The largest absolute Gasteiger partial charge is 0.309 e. The molecule has 0 aliphatic carbocycles. The minimum Gasteiger partial charge on any atom is -0.309 e. The predicted octanol–water partition coefficient (Wildman–Crippen LogP) is 11.3. The third-order valence-corrected chi connectivity index (χ3v) is 10.9. The molecule has 0 radical (unpaired) electrons. The molecule has 0 spiro atoms. The van der Waals surface area contributed by atoms with Crippen LogP contribution in [0.15, 0.2) is 152 Å². The molecule has 0 unspecified atom stereocenters. The number of hydrogen-bond donors (Lipinski definition) is 0. The first-order valence-corrected chi connectivity index (χ1v) is 18.4. The monoisotopic (exact) mass is 705 g/mol. The van der Waals surface area contributed by atoms with Crippen LogP contribution in [0.3, 0.4) is 0 Å². The zero-order valence-electron chi connectivity index (χ0n) is 30.1. The highest BCUT2D eigenvalue weighted by Gasteiger charge is 2.20. The van der Waals surface area contributed by atoms with Gasteiger partial charge in [-0.3, -0.25) is 0 Å². The van der Waals surface area contributed by atoms with Crippen molar-refractivity contribution in [3.05, 3.63) is 169 Å². The Morgan fingerprint density at radius 3 is 1.20 bits per heavy atom. The van der Waals surface area contributed by atoms with E-state index in [-0.39, 0.29) is 0 Å². The Labute approximate surface area is 315 Å². The van der Waals surface area contributed by atoms with E-state index in [9.17, 15) is 5.26 Å². The summed E-state index contributed by atoms with van der Waals surface area (Å²) in [5, 5.41) is 17.7. The lowest BCUT2D eigenvalue weighted by molar-refractivity contribution is 0.928. The van der Waals surface area contributed by atoms with Gasteiger partial charge in [0.1, 0.15) is 11.6 Å². The molecule has 0 saturated heterocycles. The van der Waals surface area contributed by atoms with E-state index in [0.717, 1.165) is 60.9 Å². The lowest BCUT2D eigenvalue weighted by atomic mass is 10.1. The van der Waals surface area contributed by atoms with Gasteiger partial charge in [-0.15, -0.1) is 0 Å². The van der Waals surface area contributed by atoms with Crippen molar-refractivity contribution in [3.8, 4) is 34.5 Å². The van der Waals surface area contributed by atoms with Gasteiger partial charge in [0.2, 0.25) is 0 Å². The van der Waals surface area contributed by atoms with Crippen molar-refractivity contribution in [1.82, 2.24) is 28.7 Å². The van der Waals surface area contributed by atoms with E-state index in [1.54, 1.807) is 0 Å². The van der Waals surface area contributed by atoms with E-state index in [0.29, 0.717) is 28.6 Å². The van der Waals surface area contributed by atoms with Crippen molar-refractivity contribution in [1.29, 1.82) is 5.26 Å². The summed E-state index contributed by atoms with van der Waals surface area (Å²) >= 11 is 0. The van der Waals surface area contributed by atoms with Crippen LogP contribution in [-0.4, -0.2) is 28.7 Å². The molecule has 0 aliphatic heterocycles. The maximum absolute atomic E-state index is 10.6. The molecule has 11 rings (SSSR count). The summed E-state index contributed by atoms with van der Waals surface area (Å²) in [5.74, 6) is 1.73. The SMILES string of the molecule is Cc1nc(C)nc(-c2ccc(-n3c4cc(-n5c6ccccc6c6ccccc65)ccc4c4ccc(-n5c6ccccc6c6ccccc65)cc43)cc2C#N)n1. The van der Waals surface area contributed by atoms with Crippen molar-refractivity contribution in [2.45, 2.75) is 13.8 Å². The van der Waals surface area contributed by atoms with Gasteiger partial charge in [-0.2, -0.15) is 5.26 Å². The summed E-state index contributed by atoms with van der Waals surface area (Å²) in [7, 11) is 0. The van der Waals surface area contributed by atoms with Gasteiger partial charge in [-0.25, -0.2) is 15.0 Å². The lowest BCUT2D eigenvalue weighted by Gasteiger charge is -2.13. The summed E-state index contributed by atoms with van der Waals surface area (Å²) in [4.78, 5) is 13.6. The molecule has 7 aromatic carbocycles. The number of aromatic nitrogens is 6. The highest BCUT2D eigenvalue weighted by Crippen LogP contribution is 2.39. The van der Waals surface area contributed by atoms with Gasteiger partial charge < -0.3 is 13.7 Å². The van der Waals surface area contributed by atoms with E-state index in [1.165, 1.54) is 21.5 Å². The fourth-order valence-electron chi connectivity index (χ4n) is 8.65. The molecule has 0 aliphatic rings. The number of nitrogens with zero attached hydrogens (tertiary/aromatic N) is 7. The summed E-state index contributed by atoms with van der Waals surface area (Å²) in [6.45, 7) is 3.69. The quantitative estimate of drug-likeness (QED) is 0.183. The van der Waals surface area contributed by atoms with Gasteiger partial charge in [0.05, 0.1) is 44.7 Å². The number of benzene rings is 7. The second kappa shape index (κ2) is 11.7. The minimum atomic E-state index is 0.495. The van der Waals surface area contributed by atoms with Crippen LogP contribution in [0.5, 0.6) is 0 Å². The molecular formula is C48H31N7. The van der Waals surface area contributed by atoms with Crippen LogP contribution in [0.2, 0.25) is 0 Å². The van der Waals surface area contributed by atoms with E-state index in [2.05, 4.69) is 174 Å². The third kappa shape index (κ3) is 4.58. The van der Waals surface area contributed by atoms with E-state index in [4.69, 9.17) is 0 Å². The van der Waals surface area contributed by atoms with Gasteiger partial charge in [0, 0.05) is 54.9 Å². The molecule has 0 amide bonds. The lowest BCUT2D eigenvalue weighted by Crippen LogP contribution is -2.02. The van der Waals surface area contributed by atoms with Crippen LogP contribution < -0.4 is 0 Å². The van der Waals surface area contributed by atoms with Crippen LogP contribution in [-0.2, 0) is 0 Å². The highest BCUT2D eigenvalue weighted by atomic mass is 15.0. The highest BCUT2D eigenvalue weighted by molar-refractivity contribution is 6.13. The van der Waals surface area contributed by atoms with Crippen molar-refractivity contribution >= 4 is 65.4 Å². The van der Waals surface area contributed by atoms with Crippen molar-refractivity contribution in [3.63, 3.8) is 0 Å². The van der Waals surface area contributed by atoms with Crippen LogP contribution in [0, 0.1) is 25.2 Å². The molecule has 7 nitrogen and oxygen atoms in total. The number of rotatable bonds is 4. The minimum absolute atomic E-state index is 0.495. The van der Waals surface area contributed by atoms with Gasteiger partial charge >= 0.3 is 0 Å². The van der Waals surface area contributed by atoms with Crippen LogP contribution in [0.1, 0.15) is 17.2 Å². The second-order valence-corrected chi connectivity index (χ2v) is 14.1. The number of aryl methyl sites for hydroxylation is 2. The molecule has 0 saturated carbocycles. The molecule has 4 aromatic heterocycles. The zero-order chi connectivity index (χ0) is 36.8. The predicted molar refractivity (Wildman–Crippen MR) is 222 cm³/mol. The summed E-state index contributed by atoms with van der Waals surface area (Å²) in [5.41, 5.74) is 10.9. The molecular weight excluding hydrogens is 675 g/mol. The van der Waals surface area contributed by atoms with Crippen LogP contribution >= 0.6 is 0 Å². The molecule has 7 heteroatoms. The Morgan fingerprint density at radius 2 is 0.764 bits per heavy atom. The van der Waals surface area contributed by atoms with Gasteiger partial charge in [-0.1, -0.05) is 84.9 Å². The average molecular weight is 706 g/mol. The third-order valence-electron chi connectivity index (χ3n) is 10.9. The molecule has 0 fully saturated rings. The summed E-state index contributed by atoms with van der Waals surface area (Å²) in [6, 6.07) is 56.3. The molecule has 55 heavy (non-hydrogen) atoms. The van der Waals surface area contributed by atoms with Crippen molar-refractivity contribution in [2.24, 2.45) is 0 Å². The Morgan fingerprint density at radius 1 is 0.400 bits per heavy atom. The van der Waals surface area contributed by atoms with E-state index < -0.39 is 0 Å². The molecule has 0 N–H and O–H groups in total. The van der Waals surface area contributed by atoms with Crippen LogP contribution in [0.25, 0.3) is 93.9 Å². The van der Waals surface area contributed by atoms with Crippen LogP contribution in [0.4, 0.5) is 0 Å². The standard InChI is InChI=1S/C48H31N7/c1-29-50-30(2)52-48(51-29)35-22-19-32(25-31(35)28-49)55-46-26-33(53-42-15-7-3-11-36(42)37-12-4-8-16-43(37)53)20-23-40(46)41-24-21-34(27-47(41)55)54-44-17-9-5-13-38(44)39-14-6-10-18-45(39)54/h3-27H,1-2H3. The first kappa shape index (κ1) is 31.0. The summed E-state index contributed by atoms with van der Waals surface area (Å²) < 4.78 is 7.00. The topological polar surface area (TPSA) is 77.2 Å². The Hall–Kier alpha value is -7.56. The maximum atomic E-state index is 10.6. The number of para-hydroxylation sites is 4. The summed E-state index contributed by atoms with van der Waals surface area (Å²) in [6.07, 6.45) is 0. The number of nitriles is 1.